The van der Waals surface area contributed by atoms with Crippen molar-refractivity contribution in [3.05, 3.63) is 40.9 Å². The molecule has 4 heterocycles. The minimum atomic E-state index is -0.0663. The van der Waals surface area contributed by atoms with Crippen LogP contribution in [-0.2, 0) is 17.8 Å². The van der Waals surface area contributed by atoms with Crippen LogP contribution in [0.5, 0.6) is 0 Å². The predicted octanol–water partition coefficient (Wildman–Crippen LogP) is 3.52. The molecule has 4 aromatic rings. The molecule has 0 amide bonds. The summed E-state index contributed by atoms with van der Waals surface area (Å²) in [4.78, 5) is 27.8. The molecule has 0 bridgehead atoms. The molecule has 29 heavy (non-hydrogen) atoms. The first-order valence-electron chi connectivity index (χ1n) is 10.4. The Morgan fingerprint density at radius 3 is 2.69 bits per heavy atom. The van der Waals surface area contributed by atoms with Crippen LogP contribution in [0.1, 0.15) is 33.1 Å². The lowest BCUT2D eigenvalue weighted by Crippen LogP contribution is -2.26. The average Bonchev–Trinajstić information content (AvgIpc) is 3.33. The number of ether oxygens (including phenoxy) is 1. The zero-order chi connectivity index (χ0) is 20.0. The number of aryl methyl sites for hydroxylation is 1. The van der Waals surface area contributed by atoms with E-state index in [4.69, 9.17) is 14.7 Å². The van der Waals surface area contributed by atoms with Gasteiger partial charge in [0.1, 0.15) is 10.9 Å². The molecule has 1 fully saturated rings. The van der Waals surface area contributed by atoms with E-state index < -0.39 is 0 Å². The topological polar surface area (TPSA) is 74.8 Å². The molecular formula is C22H25N5O2. The highest BCUT2D eigenvalue weighted by Crippen LogP contribution is 2.26. The summed E-state index contributed by atoms with van der Waals surface area (Å²) in [6.07, 6.45) is 4.73. The van der Waals surface area contributed by atoms with Gasteiger partial charge in [0.2, 0.25) is 0 Å². The predicted molar refractivity (Wildman–Crippen MR) is 113 cm³/mol. The fourth-order valence-corrected chi connectivity index (χ4v) is 4.08. The Hall–Kier alpha value is -2.80. The quantitative estimate of drug-likeness (QED) is 0.520. The van der Waals surface area contributed by atoms with Gasteiger partial charge in [-0.05, 0) is 37.3 Å². The molecule has 0 spiro atoms. The van der Waals surface area contributed by atoms with Gasteiger partial charge in [-0.2, -0.15) is 0 Å². The zero-order valence-corrected chi connectivity index (χ0v) is 16.8. The highest BCUT2D eigenvalue weighted by Gasteiger charge is 2.22. The van der Waals surface area contributed by atoms with Crippen molar-refractivity contribution in [1.82, 2.24) is 24.1 Å². The molecule has 0 aliphatic carbocycles. The molecule has 0 N–H and O–H groups in total. The van der Waals surface area contributed by atoms with E-state index in [-0.39, 0.29) is 11.7 Å². The van der Waals surface area contributed by atoms with Gasteiger partial charge in [-0.1, -0.05) is 26.0 Å². The molecule has 7 nitrogen and oxygen atoms in total. The molecule has 1 aliphatic rings. The lowest BCUT2D eigenvalue weighted by Gasteiger charge is -2.12. The third-order valence-electron chi connectivity index (χ3n) is 5.67. The average molecular weight is 391 g/mol. The Kier molecular flexibility index (Phi) is 4.54. The van der Waals surface area contributed by atoms with Crippen LogP contribution in [0, 0.1) is 5.92 Å². The third kappa shape index (κ3) is 3.19. The molecule has 7 heteroatoms. The number of nitrogens with zero attached hydrogens (tertiary/aromatic N) is 5. The molecule has 150 valence electrons. The van der Waals surface area contributed by atoms with Gasteiger partial charge in [0.15, 0.2) is 11.3 Å². The maximum absolute atomic E-state index is 13.4. The summed E-state index contributed by atoms with van der Waals surface area (Å²) in [7, 11) is 0. The Balaban J connectivity index is 1.75. The van der Waals surface area contributed by atoms with Gasteiger partial charge in [-0.25, -0.2) is 15.0 Å². The second-order valence-electron chi connectivity index (χ2n) is 8.25. The number of para-hydroxylation sites is 2. The minimum Gasteiger partial charge on any atom is -0.376 e. The Morgan fingerprint density at radius 2 is 1.97 bits per heavy atom. The molecule has 3 aromatic heterocycles. The van der Waals surface area contributed by atoms with Crippen LogP contribution in [0.2, 0.25) is 0 Å². The van der Waals surface area contributed by atoms with E-state index in [9.17, 15) is 4.79 Å². The van der Waals surface area contributed by atoms with Crippen molar-refractivity contribution >= 4 is 33.2 Å². The Labute approximate surface area is 168 Å². The second kappa shape index (κ2) is 7.22. The third-order valence-corrected chi connectivity index (χ3v) is 5.67. The maximum atomic E-state index is 13.4. The van der Waals surface area contributed by atoms with Crippen molar-refractivity contribution in [2.24, 2.45) is 5.92 Å². The van der Waals surface area contributed by atoms with Crippen LogP contribution in [-0.4, -0.2) is 36.8 Å². The van der Waals surface area contributed by atoms with E-state index in [0.29, 0.717) is 29.0 Å². The summed E-state index contributed by atoms with van der Waals surface area (Å²) in [6, 6.07) is 7.78. The lowest BCUT2D eigenvalue weighted by atomic mass is 10.1. The Morgan fingerprint density at radius 1 is 1.17 bits per heavy atom. The smallest absolute Gasteiger partial charge is 0.265 e. The molecule has 1 saturated heterocycles. The van der Waals surface area contributed by atoms with Gasteiger partial charge in [-0.3, -0.25) is 9.36 Å². The zero-order valence-electron chi connectivity index (χ0n) is 16.8. The first-order chi connectivity index (χ1) is 14.1. The van der Waals surface area contributed by atoms with Crippen molar-refractivity contribution in [3.8, 4) is 0 Å². The molecule has 0 radical (unpaired) electrons. The van der Waals surface area contributed by atoms with Crippen LogP contribution in [0.15, 0.2) is 35.4 Å². The largest absolute Gasteiger partial charge is 0.376 e. The van der Waals surface area contributed by atoms with Crippen molar-refractivity contribution in [2.75, 3.05) is 6.61 Å². The van der Waals surface area contributed by atoms with Gasteiger partial charge in [0.25, 0.3) is 5.56 Å². The fraction of sp³-hybridized carbons (Fsp3) is 0.455. The van der Waals surface area contributed by atoms with Crippen LogP contribution >= 0.6 is 0 Å². The van der Waals surface area contributed by atoms with Gasteiger partial charge in [0.05, 0.1) is 30.0 Å². The monoisotopic (exact) mass is 391 g/mol. The molecule has 5 rings (SSSR count). The number of fused-ring (bicyclic) bond motifs is 4. The fourth-order valence-electron chi connectivity index (χ4n) is 4.08. The van der Waals surface area contributed by atoms with Crippen LogP contribution in [0.3, 0.4) is 0 Å². The highest BCUT2D eigenvalue weighted by atomic mass is 16.5. The van der Waals surface area contributed by atoms with E-state index in [1.54, 1.807) is 10.9 Å². The summed E-state index contributed by atoms with van der Waals surface area (Å²) in [5.41, 5.74) is 3.60. The van der Waals surface area contributed by atoms with Gasteiger partial charge < -0.3 is 9.30 Å². The summed E-state index contributed by atoms with van der Waals surface area (Å²) in [5.74, 6) is 0.538. The maximum Gasteiger partial charge on any atom is 0.265 e. The minimum absolute atomic E-state index is 0.0663. The van der Waals surface area contributed by atoms with E-state index in [0.717, 1.165) is 49.1 Å². The number of hydrogen-bond acceptors (Lipinski definition) is 5. The van der Waals surface area contributed by atoms with E-state index >= 15 is 0 Å². The van der Waals surface area contributed by atoms with Crippen molar-refractivity contribution in [3.63, 3.8) is 0 Å². The van der Waals surface area contributed by atoms with Gasteiger partial charge >= 0.3 is 0 Å². The first kappa shape index (κ1) is 18.2. The second-order valence-corrected chi connectivity index (χ2v) is 8.25. The van der Waals surface area contributed by atoms with Crippen molar-refractivity contribution in [1.29, 1.82) is 0 Å². The van der Waals surface area contributed by atoms with Gasteiger partial charge in [0, 0.05) is 13.2 Å². The van der Waals surface area contributed by atoms with Crippen molar-refractivity contribution < 1.29 is 4.74 Å². The lowest BCUT2D eigenvalue weighted by molar-refractivity contribution is 0.0960. The molecule has 0 saturated carbocycles. The molecule has 0 unspecified atom stereocenters. The number of rotatable bonds is 5. The number of benzene rings is 1. The van der Waals surface area contributed by atoms with Crippen LogP contribution < -0.4 is 5.56 Å². The molecule has 1 aliphatic heterocycles. The summed E-state index contributed by atoms with van der Waals surface area (Å²) in [5, 5.41) is 0.558. The van der Waals surface area contributed by atoms with Gasteiger partial charge in [-0.15, -0.1) is 0 Å². The molecule has 1 atom stereocenters. The summed E-state index contributed by atoms with van der Waals surface area (Å²) in [6.45, 7) is 6.43. The van der Waals surface area contributed by atoms with Crippen molar-refractivity contribution in [2.45, 2.75) is 52.3 Å². The first-order valence-corrected chi connectivity index (χ1v) is 10.4. The normalized spacial score (nSPS) is 17.3. The molecule has 1 aromatic carbocycles. The van der Waals surface area contributed by atoms with Crippen LogP contribution in [0.25, 0.3) is 33.2 Å². The standard InChI is InChI=1S/C22H25N5O2/c1-14(2)9-10-27-20-18(19-21(27)25-17-8-4-3-7-16(17)24-19)22(28)26(13-23-20)12-15-6-5-11-29-15/h3-4,7-8,13-15H,5-6,9-12H2,1-2H3/t15-/m0/s1. The summed E-state index contributed by atoms with van der Waals surface area (Å²) >= 11 is 0. The molecular weight excluding hydrogens is 366 g/mol. The SMILES string of the molecule is CC(C)CCn1c2nc3ccccc3nc2c2c(=O)n(C[C@@H]3CCCO3)cnc21. The summed E-state index contributed by atoms with van der Waals surface area (Å²) < 4.78 is 9.44. The van der Waals surface area contributed by atoms with E-state index in [2.05, 4.69) is 23.4 Å². The Bertz CT molecular complexity index is 1250. The highest BCUT2D eigenvalue weighted by molar-refractivity contribution is 6.04. The van der Waals surface area contributed by atoms with Crippen LogP contribution in [0.4, 0.5) is 0 Å². The number of hydrogen-bond donors (Lipinski definition) is 0. The van der Waals surface area contributed by atoms with E-state index in [1.165, 1.54) is 0 Å². The van der Waals surface area contributed by atoms with E-state index in [1.807, 2.05) is 24.3 Å². The number of aromatic nitrogens is 5.